The van der Waals surface area contributed by atoms with Gasteiger partial charge in [0.2, 0.25) is 0 Å². The molecule has 0 saturated carbocycles. The van der Waals surface area contributed by atoms with Crippen LogP contribution in [0.1, 0.15) is 143 Å². The maximum Gasteiger partial charge on any atom is 0.472 e. The standard InChI is InChI=1S/C40H72O14P2/c1-4-26-36(41)28-23-19-15-10-8-6-5-7-9-11-16-20-24-29-39(43)50-33-38(34-53-56(48,49)52-32-37(42)31-51-55(45,46)47)54-40(44)30-25-21-17-13-12-14-18-22-27-35(2)3/h5,7-8,10-11,16,19,23,35-38,41-42H,4,6,9,12-15,17-18,20-22,24-34H2,1-3H3,(H,48,49)(H2,45,46,47)/b7-5-,10-8-,16-11-,23-19-/t36?,37-,38+/m0/s1. The summed E-state index contributed by atoms with van der Waals surface area (Å²) < 4.78 is 47.5. The van der Waals surface area contributed by atoms with Crippen molar-refractivity contribution in [1.82, 2.24) is 0 Å². The number of ether oxygens (including phenoxy) is 2. The van der Waals surface area contributed by atoms with Gasteiger partial charge in [-0.1, -0.05) is 127 Å². The number of hydrogen-bond donors (Lipinski definition) is 5. The Hall–Kier alpha value is -1.96. The van der Waals surface area contributed by atoms with Crippen molar-refractivity contribution in [3.8, 4) is 0 Å². The largest absolute Gasteiger partial charge is 0.472 e. The van der Waals surface area contributed by atoms with Crippen molar-refractivity contribution in [3.05, 3.63) is 48.6 Å². The molecule has 0 bridgehead atoms. The number of hydrogen-bond acceptors (Lipinski definition) is 11. The van der Waals surface area contributed by atoms with Gasteiger partial charge in [0.05, 0.1) is 25.9 Å². The minimum Gasteiger partial charge on any atom is -0.462 e. The van der Waals surface area contributed by atoms with Gasteiger partial charge in [-0.05, 0) is 57.3 Å². The zero-order valence-electron chi connectivity index (χ0n) is 34.0. The van der Waals surface area contributed by atoms with Gasteiger partial charge in [0.15, 0.2) is 6.10 Å². The molecule has 0 amide bonds. The predicted molar refractivity (Wildman–Crippen MR) is 217 cm³/mol. The average molecular weight is 839 g/mol. The van der Waals surface area contributed by atoms with E-state index in [0.717, 1.165) is 63.7 Å². The van der Waals surface area contributed by atoms with E-state index in [4.69, 9.17) is 23.8 Å². The van der Waals surface area contributed by atoms with Crippen molar-refractivity contribution >= 4 is 27.6 Å². The molecule has 56 heavy (non-hydrogen) atoms. The first-order valence-electron chi connectivity index (χ1n) is 20.3. The molecule has 0 saturated heterocycles. The Morgan fingerprint density at radius 1 is 0.589 bits per heavy atom. The van der Waals surface area contributed by atoms with Crippen LogP contribution in [0.4, 0.5) is 0 Å². The summed E-state index contributed by atoms with van der Waals surface area (Å²) in [6.07, 6.45) is 29.2. The zero-order valence-corrected chi connectivity index (χ0v) is 35.8. The van der Waals surface area contributed by atoms with Gasteiger partial charge in [-0.15, -0.1) is 0 Å². The topological polar surface area (TPSA) is 216 Å². The Labute approximate surface area is 335 Å². The van der Waals surface area contributed by atoms with Crippen LogP contribution >= 0.6 is 15.6 Å². The second kappa shape index (κ2) is 35.0. The SMILES string of the molecule is CCCC(O)C/C=C\C/C=C\C/C=C\C/C=C\CCCC(=O)OC[C@H](COP(=O)(O)OC[C@@H](O)COP(=O)(O)O)OC(=O)CCCCCCCCCCC(C)C. The molecule has 0 aromatic heterocycles. The van der Waals surface area contributed by atoms with Crippen LogP contribution in [0.5, 0.6) is 0 Å². The molecule has 0 fully saturated rings. The lowest BCUT2D eigenvalue weighted by atomic mass is 10.0. The minimum absolute atomic E-state index is 0.104. The number of rotatable bonds is 37. The molecule has 0 aromatic rings. The van der Waals surface area contributed by atoms with E-state index < -0.39 is 66.2 Å². The fourth-order valence-corrected chi connectivity index (χ4v) is 6.28. The summed E-state index contributed by atoms with van der Waals surface area (Å²) in [5, 5.41) is 19.4. The Kier molecular flexibility index (Phi) is 33.8. The number of carbonyl (C=O) groups excluding carboxylic acids is 2. The lowest BCUT2D eigenvalue weighted by molar-refractivity contribution is -0.161. The van der Waals surface area contributed by atoms with Gasteiger partial charge in [0, 0.05) is 12.8 Å². The molecule has 5 N–H and O–H groups in total. The van der Waals surface area contributed by atoms with Crippen LogP contribution in [-0.4, -0.2) is 81.6 Å². The third-order valence-corrected chi connectivity index (χ3v) is 9.63. The summed E-state index contributed by atoms with van der Waals surface area (Å²) >= 11 is 0. The number of aliphatic hydroxyl groups excluding tert-OH is 2. The Morgan fingerprint density at radius 2 is 1.11 bits per heavy atom. The van der Waals surface area contributed by atoms with Crippen molar-refractivity contribution in [2.45, 2.75) is 161 Å². The monoisotopic (exact) mass is 838 g/mol. The zero-order chi connectivity index (χ0) is 41.9. The van der Waals surface area contributed by atoms with Gasteiger partial charge in [0.25, 0.3) is 0 Å². The highest BCUT2D eigenvalue weighted by atomic mass is 31.2. The normalized spacial score (nSPS) is 15.3. The number of unbranched alkanes of at least 4 members (excludes halogenated alkanes) is 8. The molecule has 16 heteroatoms. The third-order valence-electron chi connectivity index (χ3n) is 8.19. The Morgan fingerprint density at radius 3 is 1.70 bits per heavy atom. The summed E-state index contributed by atoms with van der Waals surface area (Å²) in [7, 11) is -9.69. The van der Waals surface area contributed by atoms with Crippen LogP contribution in [-0.2, 0) is 41.8 Å². The molecule has 4 atom stereocenters. The maximum absolute atomic E-state index is 12.6. The first kappa shape index (κ1) is 54.0. The first-order chi connectivity index (χ1) is 26.6. The highest BCUT2D eigenvalue weighted by molar-refractivity contribution is 7.47. The fourth-order valence-electron chi connectivity index (χ4n) is 5.13. The lowest BCUT2D eigenvalue weighted by Crippen LogP contribution is -2.30. The highest BCUT2D eigenvalue weighted by Gasteiger charge is 2.28. The summed E-state index contributed by atoms with van der Waals surface area (Å²) in [5.74, 6) is -0.394. The van der Waals surface area contributed by atoms with Crippen molar-refractivity contribution in [2.24, 2.45) is 5.92 Å². The van der Waals surface area contributed by atoms with E-state index in [-0.39, 0.29) is 18.9 Å². The van der Waals surface area contributed by atoms with E-state index in [0.29, 0.717) is 25.7 Å². The Bertz CT molecular complexity index is 1210. The summed E-state index contributed by atoms with van der Waals surface area (Å²) in [6.45, 7) is 3.72. The molecular formula is C40H72O14P2. The summed E-state index contributed by atoms with van der Waals surface area (Å²) in [4.78, 5) is 52.5. The molecule has 0 aliphatic carbocycles. The average Bonchev–Trinajstić information content (AvgIpc) is 3.13. The van der Waals surface area contributed by atoms with Crippen LogP contribution in [0, 0.1) is 5.92 Å². The quantitative estimate of drug-likeness (QED) is 0.0171. The smallest absolute Gasteiger partial charge is 0.462 e. The van der Waals surface area contributed by atoms with Crippen LogP contribution in [0.3, 0.4) is 0 Å². The van der Waals surface area contributed by atoms with Crippen LogP contribution in [0.15, 0.2) is 48.6 Å². The predicted octanol–water partition coefficient (Wildman–Crippen LogP) is 8.72. The number of carbonyl (C=O) groups is 2. The highest BCUT2D eigenvalue weighted by Crippen LogP contribution is 2.43. The molecule has 14 nitrogen and oxygen atoms in total. The fraction of sp³-hybridized carbons (Fsp3) is 0.750. The van der Waals surface area contributed by atoms with Gasteiger partial charge in [-0.25, -0.2) is 9.13 Å². The van der Waals surface area contributed by atoms with Crippen molar-refractivity contribution in [2.75, 3.05) is 26.4 Å². The van der Waals surface area contributed by atoms with Gasteiger partial charge in [-0.2, -0.15) is 0 Å². The van der Waals surface area contributed by atoms with Gasteiger partial charge < -0.3 is 34.4 Å². The number of esters is 2. The molecule has 2 unspecified atom stereocenters. The number of allylic oxidation sites excluding steroid dienone is 7. The van der Waals surface area contributed by atoms with Crippen molar-refractivity contribution < 1.29 is 66.7 Å². The lowest BCUT2D eigenvalue weighted by Gasteiger charge is -2.20. The second-order valence-electron chi connectivity index (χ2n) is 14.2. The van der Waals surface area contributed by atoms with E-state index >= 15 is 0 Å². The van der Waals surface area contributed by atoms with Crippen LogP contribution in [0.25, 0.3) is 0 Å². The third kappa shape index (κ3) is 38.9. The van der Waals surface area contributed by atoms with E-state index in [1.165, 1.54) is 25.7 Å². The molecule has 326 valence electrons. The minimum atomic E-state index is -4.87. The molecule has 0 aromatic carbocycles. The maximum atomic E-state index is 12.6. The molecular weight excluding hydrogens is 766 g/mol. The van der Waals surface area contributed by atoms with Gasteiger partial charge in [-0.3, -0.25) is 23.2 Å². The van der Waals surface area contributed by atoms with Crippen molar-refractivity contribution in [3.63, 3.8) is 0 Å². The van der Waals surface area contributed by atoms with Crippen LogP contribution < -0.4 is 0 Å². The van der Waals surface area contributed by atoms with E-state index in [1.54, 1.807) is 0 Å². The van der Waals surface area contributed by atoms with Crippen LogP contribution in [0.2, 0.25) is 0 Å². The van der Waals surface area contributed by atoms with E-state index in [1.807, 2.05) is 18.2 Å². The number of aliphatic hydroxyl groups is 2. The second-order valence-corrected chi connectivity index (χ2v) is 16.9. The number of phosphoric ester groups is 2. The van der Waals surface area contributed by atoms with Gasteiger partial charge in [0.1, 0.15) is 12.7 Å². The van der Waals surface area contributed by atoms with Crippen molar-refractivity contribution in [1.29, 1.82) is 0 Å². The first-order valence-corrected chi connectivity index (χ1v) is 23.3. The van der Waals surface area contributed by atoms with E-state index in [2.05, 4.69) is 60.2 Å². The Balaban J connectivity index is 4.65. The number of phosphoric acid groups is 2. The molecule has 0 heterocycles. The molecule has 0 spiro atoms. The van der Waals surface area contributed by atoms with E-state index in [9.17, 15) is 33.8 Å². The molecule has 0 rings (SSSR count). The summed E-state index contributed by atoms with van der Waals surface area (Å²) in [5.41, 5.74) is 0. The molecule has 0 aliphatic heterocycles. The molecule has 0 aliphatic rings. The summed E-state index contributed by atoms with van der Waals surface area (Å²) in [6, 6.07) is 0. The van der Waals surface area contributed by atoms with Gasteiger partial charge >= 0.3 is 27.6 Å². The molecule has 0 radical (unpaired) electrons.